The second-order valence-electron chi connectivity index (χ2n) is 5.56. The summed E-state index contributed by atoms with van der Waals surface area (Å²) in [5.41, 5.74) is 1.88. The van der Waals surface area contributed by atoms with Gasteiger partial charge in [-0.15, -0.1) is 0 Å². The van der Waals surface area contributed by atoms with Crippen molar-refractivity contribution >= 4 is 33.0 Å². The number of carbonyl (C=O) groups is 1. The van der Waals surface area contributed by atoms with E-state index in [1.54, 1.807) is 19.9 Å². The third kappa shape index (κ3) is 4.54. The summed E-state index contributed by atoms with van der Waals surface area (Å²) in [6.07, 6.45) is 1.04. The normalized spacial score (nSPS) is 11.0. The number of hydrogen-bond acceptors (Lipinski definition) is 5. The summed E-state index contributed by atoms with van der Waals surface area (Å²) in [6, 6.07) is 8.93. The van der Waals surface area contributed by atoms with Crippen molar-refractivity contribution in [1.29, 1.82) is 0 Å². The Morgan fingerprint density at radius 2 is 1.80 bits per heavy atom. The average molecular weight is 363 g/mol. The highest BCUT2D eigenvalue weighted by atomic mass is 32.2. The quantitative estimate of drug-likeness (QED) is 0.625. The van der Waals surface area contributed by atoms with Crippen molar-refractivity contribution in [1.82, 2.24) is 0 Å². The molecule has 0 aliphatic rings. The van der Waals surface area contributed by atoms with Gasteiger partial charge in [0.2, 0.25) is 10.0 Å². The van der Waals surface area contributed by atoms with E-state index in [-0.39, 0.29) is 5.69 Å². The van der Waals surface area contributed by atoms with Crippen LogP contribution in [0.2, 0.25) is 0 Å². The van der Waals surface area contributed by atoms with E-state index < -0.39 is 20.9 Å². The van der Waals surface area contributed by atoms with Gasteiger partial charge in [-0.25, -0.2) is 8.42 Å². The molecule has 0 heterocycles. The molecule has 9 heteroatoms. The van der Waals surface area contributed by atoms with Crippen LogP contribution in [-0.2, 0) is 10.0 Å². The summed E-state index contributed by atoms with van der Waals surface area (Å²) in [5, 5.41) is 13.6. The lowest BCUT2D eigenvalue weighted by Crippen LogP contribution is -2.15. The van der Waals surface area contributed by atoms with Crippen LogP contribution in [0.5, 0.6) is 0 Å². The SMILES string of the molecule is Cc1cc(C(=O)Nc2cccc([N+](=O)[O-])c2C)ccc1NS(C)(=O)=O. The molecule has 2 aromatic carbocycles. The lowest BCUT2D eigenvalue weighted by Gasteiger charge is -2.11. The number of nitro benzene ring substituents is 1. The van der Waals surface area contributed by atoms with Gasteiger partial charge in [0, 0.05) is 11.6 Å². The second kappa shape index (κ2) is 6.89. The maximum Gasteiger partial charge on any atom is 0.274 e. The van der Waals surface area contributed by atoms with Crippen LogP contribution in [0.4, 0.5) is 17.1 Å². The Hall–Kier alpha value is -2.94. The first-order valence-electron chi connectivity index (χ1n) is 7.22. The largest absolute Gasteiger partial charge is 0.321 e. The maximum absolute atomic E-state index is 12.4. The van der Waals surface area contributed by atoms with Gasteiger partial charge in [-0.1, -0.05) is 6.07 Å². The molecule has 0 fully saturated rings. The van der Waals surface area contributed by atoms with E-state index in [9.17, 15) is 23.3 Å². The molecule has 0 aromatic heterocycles. The van der Waals surface area contributed by atoms with Crippen LogP contribution in [0.25, 0.3) is 0 Å². The molecule has 0 radical (unpaired) electrons. The van der Waals surface area contributed by atoms with Gasteiger partial charge in [-0.3, -0.25) is 19.6 Å². The van der Waals surface area contributed by atoms with Gasteiger partial charge < -0.3 is 5.32 Å². The lowest BCUT2D eigenvalue weighted by atomic mass is 10.1. The third-order valence-corrected chi connectivity index (χ3v) is 4.12. The molecular formula is C16H17N3O5S. The number of anilines is 2. The highest BCUT2D eigenvalue weighted by Gasteiger charge is 2.16. The van der Waals surface area contributed by atoms with Gasteiger partial charge in [0.1, 0.15) is 0 Å². The minimum Gasteiger partial charge on any atom is -0.321 e. The molecular weight excluding hydrogens is 346 g/mol. The van der Waals surface area contributed by atoms with Crippen LogP contribution in [0.15, 0.2) is 36.4 Å². The summed E-state index contributed by atoms with van der Waals surface area (Å²) < 4.78 is 24.9. The lowest BCUT2D eigenvalue weighted by molar-refractivity contribution is -0.385. The fourth-order valence-corrected chi connectivity index (χ4v) is 2.90. The van der Waals surface area contributed by atoms with Gasteiger partial charge in [0.15, 0.2) is 0 Å². The zero-order valence-electron chi connectivity index (χ0n) is 13.9. The zero-order chi connectivity index (χ0) is 18.8. The first-order valence-corrected chi connectivity index (χ1v) is 9.11. The molecule has 0 saturated heterocycles. The molecule has 0 bridgehead atoms. The molecule has 0 aliphatic heterocycles. The van der Waals surface area contributed by atoms with Gasteiger partial charge in [-0.05, 0) is 43.7 Å². The number of nitro groups is 1. The number of benzene rings is 2. The Balaban J connectivity index is 2.26. The summed E-state index contributed by atoms with van der Waals surface area (Å²) in [4.78, 5) is 22.8. The van der Waals surface area contributed by atoms with Gasteiger partial charge >= 0.3 is 0 Å². The molecule has 1 amide bonds. The average Bonchev–Trinajstić information content (AvgIpc) is 2.49. The molecule has 0 aliphatic carbocycles. The highest BCUT2D eigenvalue weighted by molar-refractivity contribution is 7.92. The van der Waals surface area contributed by atoms with Crippen LogP contribution < -0.4 is 10.0 Å². The smallest absolute Gasteiger partial charge is 0.274 e. The molecule has 8 nitrogen and oxygen atoms in total. The summed E-state index contributed by atoms with van der Waals surface area (Å²) >= 11 is 0. The topological polar surface area (TPSA) is 118 Å². The predicted molar refractivity (Wildman–Crippen MR) is 95.4 cm³/mol. The predicted octanol–water partition coefficient (Wildman–Crippen LogP) is 2.84. The number of nitrogens with one attached hydrogen (secondary N) is 2. The number of nitrogens with zero attached hydrogens (tertiary/aromatic N) is 1. The van der Waals surface area contributed by atoms with Gasteiger partial charge in [0.25, 0.3) is 11.6 Å². The summed E-state index contributed by atoms with van der Waals surface area (Å²) in [7, 11) is -3.41. The van der Waals surface area contributed by atoms with Crippen molar-refractivity contribution < 1.29 is 18.1 Å². The van der Waals surface area contributed by atoms with E-state index in [4.69, 9.17) is 0 Å². The number of sulfonamides is 1. The number of aryl methyl sites for hydroxylation is 1. The summed E-state index contributed by atoms with van der Waals surface area (Å²) in [6.45, 7) is 3.22. The van der Waals surface area contributed by atoms with E-state index in [2.05, 4.69) is 10.0 Å². The molecule has 0 atom stereocenters. The zero-order valence-corrected chi connectivity index (χ0v) is 14.7. The van der Waals surface area contributed by atoms with Crippen LogP contribution in [0.1, 0.15) is 21.5 Å². The molecule has 25 heavy (non-hydrogen) atoms. The molecule has 132 valence electrons. The standard InChI is InChI=1S/C16H17N3O5S/c1-10-9-12(7-8-13(10)18-25(3,23)24)16(20)17-14-5-4-6-15(11(14)2)19(21)22/h4-9,18H,1-3H3,(H,17,20). The molecule has 0 saturated carbocycles. The number of hydrogen-bond donors (Lipinski definition) is 2. The second-order valence-corrected chi connectivity index (χ2v) is 7.31. The van der Waals surface area contributed by atoms with Crippen LogP contribution in [0.3, 0.4) is 0 Å². The monoisotopic (exact) mass is 363 g/mol. The Kier molecular flexibility index (Phi) is 5.07. The Bertz CT molecular complexity index is 954. The minimum absolute atomic E-state index is 0.0818. The third-order valence-electron chi connectivity index (χ3n) is 3.53. The molecule has 0 spiro atoms. The summed E-state index contributed by atoms with van der Waals surface area (Å²) in [5.74, 6) is -0.447. The van der Waals surface area contributed by atoms with Crippen LogP contribution in [0, 0.1) is 24.0 Å². The molecule has 0 unspecified atom stereocenters. The molecule has 2 N–H and O–H groups in total. The first-order chi connectivity index (χ1) is 11.6. The molecule has 2 aromatic rings. The molecule has 2 rings (SSSR count). The van der Waals surface area contributed by atoms with Crippen molar-refractivity contribution in [2.45, 2.75) is 13.8 Å². The fraction of sp³-hybridized carbons (Fsp3) is 0.188. The Morgan fingerprint density at radius 3 is 2.36 bits per heavy atom. The van der Waals surface area contributed by atoms with E-state index in [1.165, 1.54) is 30.3 Å². The van der Waals surface area contributed by atoms with E-state index >= 15 is 0 Å². The van der Waals surface area contributed by atoms with E-state index in [1.807, 2.05) is 0 Å². The van der Waals surface area contributed by atoms with Gasteiger partial charge in [-0.2, -0.15) is 0 Å². The van der Waals surface area contributed by atoms with Crippen molar-refractivity contribution in [3.63, 3.8) is 0 Å². The minimum atomic E-state index is -3.41. The Morgan fingerprint density at radius 1 is 1.12 bits per heavy atom. The maximum atomic E-state index is 12.4. The van der Waals surface area contributed by atoms with Crippen LogP contribution in [-0.4, -0.2) is 25.5 Å². The number of carbonyl (C=O) groups excluding carboxylic acids is 1. The van der Waals surface area contributed by atoms with E-state index in [0.717, 1.165) is 6.26 Å². The highest BCUT2D eigenvalue weighted by Crippen LogP contribution is 2.26. The number of rotatable bonds is 5. The van der Waals surface area contributed by atoms with Crippen molar-refractivity contribution in [3.05, 3.63) is 63.2 Å². The van der Waals surface area contributed by atoms with Crippen LogP contribution >= 0.6 is 0 Å². The first kappa shape index (κ1) is 18.4. The Labute approximate surface area is 145 Å². The van der Waals surface area contributed by atoms with E-state index in [0.29, 0.717) is 28.1 Å². The van der Waals surface area contributed by atoms with Crippen molar-refractivity contribution in [2.24, 2.45) is 0 Å². The number of amides is 1. The van der Waals surface area contributed by atoms with Crippen molar-refractivity contribution in [3.8, 4) is 0 Å². The van der Waals surface area contributed by atoms with Gasteiger partial charge in [0.05, 0.1) is 28.1 Å². The van der Waals surface area contributed by atoms with Crippen molar-refractivity contribution in [2.75, 3.05) is 16.3 Å². The fourth-order valence-electron chi connectivity index (χ4n) is 2.27.